The van der Waals surface area contributed by atoms with E-state index in [0.717, 1.165) is 19.3 Å². The van der Waals surface area contributed by atoms with E-state index in [9.17, 15) is 9.59 Å². The molecule has 1 aliphatic heterocycles. The van der Waals surface area contributed by atoms with Crippen LogP contribution in [0.1, 0.15) is 46.1 Å². The first-order chi connectivity index (χ1) is 15.2. The SMILES string of the molecule is CC(C)C#N.CNC(C)C1CCN(c2c(F)cc3c(=O)[nH]c(=O)n(C4CC4)c3c2OC)C1. The van der Waals surface area contributed by atoms with Crippen LogP contribution in [0.25, 0.3) is 10.9 Å². The molecule has 2 aromatic rings. The molecule has 8 nitrogen and oxygen atoms in total. The van der Waals surface area contributed by atoms with Gasteiger partial charge >= 0.3 is 5.69 Å². The Morgan fingerprint density at radius 2 is 1.94 bits per heavy atom. The van der Waals surface area contributed by atoms with E-state index in [2.05, 4.69) is 17.2 Å². The monoisotopic (exact) mass is 445 g/mol. The minimum Gasteiger partial charge on any atom is -0.492 e. The number of anilines is 1. The fourth-order valence-corrected chi connectivity index (χ4v) is 4.15. The van der Waals surface area contributed by atoms with Crippen molar-refractivity contribution in [3.8, 4) is 11.8 Å². The Balaban J connectivity index is 0.000000523. The zero-order valence-corrected chi connectivity index (χ0v) is 19.4. The largest absolute Gasteiger partial charge is 0.492 e. The van der Waals surface area contributed by atoms with E-state index in [0.29, 0.717) is 36.3 Å². The summed E-state index contributed by atoms with van der Waals surface area (Å²) in [7, 11) is 3.38. The summed E-state index contributed by atoms with van der Waals surface area (Å²) >= 11 is 0. The molecular formula is C23H32FN5O3. The highest BCUT2D eigenvalue weighted by atomic mass is 19.1. The predicted molar refractivity (Wildman–Crippen MR) is 123 cm³/mol. The van der Waals surface area contributed by atoms with Crippen molar-refractivity contribution in [3.05, 3.63) is 32.7 Å². The molecule has 174 valence electrons. The third kappa shape index (κ3) is 4.65. The lowest BCUT2D eigenvalue weighted by Crippen LogP contribution is -2.33. The van der Waals surface area contributed by atoms with Crippen LogP contribution in [0.2, 0.25) is 0 Å². The molecule has 1 saturated heterocycles. The summed E-state index contributed by atoms with van der Waals surface area (Å²) in [6, 6.07) is 3.61. The van der Waals surface area contributed by atoms with E-state index < -0.39 is 17.1 Å². The van der Waals surface area contributed by atoms with Crippen molar-refractivity contribution in [2.24, 2.45) is 11.8 Å². The fraction of sp³-hybridized carbons (Fsp3) is 0.609. The van der Waals surface area contributed by atoms with Gasteiger partial charge in [-0.05, 0) is 59.1 Å². The second kappa shape index (κ2) is 9.74. The number of aromatic amines is 1. The van der Waals surface area contributed by atoms with Crippen LogP contribution in [-0.2, 0) is 0 Å². The molecule has 0 amide bonds. The molecule has 1 saturated carbocycles. The van der Waals surface area contributed by atoms with Crippen molar-refractivity contribution in [3.63, 3.8) is 0 Å². The number of hydrogen-bond acceptors (Lipinski definition) is 6. The Kier molecular flexibility index (Phi) is 7.24. The lowest BCUT2D eigenvalue weighted by Gasteiger charge is -2.25. The number of nitriles is 1. The van der Waals surface area contributed by atoms with E-state index in [4.69, 9.17) is 10.00 Å². The second-order valence-corrected chi connectivity index (χ2v) is 8.85. The van der Waals surface area contributed by atoms with Crippen molar-refractivity contribution < 1.29 is 9.13 Å². The molecule has 0 spiro atoms. The molecule has 9 heteroatoms. The molecule has 0 bridgehead atoms. The Morgan fingerprint density at radius 3 is 2.47 bits per heavy atom. The molecule has 2 unspecified atom stereocenters. The third-order valence-electron chi connectivity index (χ3n) is 6.19. The normalized spacial score (nSPS) is 18.9. The second-order valence-electron chi connectivity index (χ2n) is 8.85. The van der Waals surface area contributed by atoms with Crippen molar-refractivity contribution in [2.75, 3.05) is 32.1 Å². The summed E-state index contributed by atoms with van der Waals surface area (Å²) in [5.41, 5.74) is -0.307. The first kappa shape index (κ1) is 23.8. The van der Waals surface area contributed by atoms with Crippen molar-refractivity contribution in [1.82, 2.24) is 14.9 Å². The zero-order chi connectivity index (χ0) is 23.6. The van der Waals surface area contributed by atoms with Gasteiger partial charge < -0.3 is 15.0 Å². The number of hydrogen-bond donors (Lipinski definition) is 2. The molecular weight excluding hydrogens is 413 g/mol. The van der Waals surface area contributed by atoms with E-state index in [1.165, 1.54) is 13.2 Å². The topological polar surface area (TPSA) is 103 Å². The van der Waals surface area contributed by atoms with Crippen LogP contribution in [0.5, 0.6) is 5.75 Å². The predicted octanol–water partition coefficient (Wildman–Crippen LogP) is 2.77. The molecule has 2 atom stereocenters. The minimum absolute atomic E-state index is 0.0275. The average molecular weight is 446 g/mol. The molecule has 32 heavy (non-hydrogen) atoms. The third-order valence-corrected chi connectivity index (χ3v) is 6.19. The van der Waals surface area contributed by atoms with Gasteiger partial charge in [-0.3, -0.25) is 14.3 Å². The van der Waals surface area contributed by atoms with Gasteiger partial charge in [-0.15, -0.1) is 0 Å². The van der Waals surface area contributed by atoms with Crippen molar-refractivity contribution >= 4 is 16.6 Å². The van der Waals surface area contributed by atoms with Gasteiger partial charge in [0.15, 0.2) is 11.6 Å². The molecule has 1 aliphatic carbocycles. The number of halogens is 1. The maximum atomic E-state index is 15.1. The highest BCUT2D eigenvalue weighted by molar-refractivity contribution is 5.91. The van der Waals surface area contributed by atoms with Crippen LogP contribution in [0, 0.1) is 29.0 Å². The molecule has 4 rings (SSSR count). The number of aromatic nitrogens is 2. The van der Waals surface area contributed by atoms with Gasteiger partial charge in [0.05, 0.1) is 18.6 Å². The smallest absolute Gasteiger partial charge is 0.329 e. The summed E-state index contributed by atoms with van der Waals surface area (Å²) in [5, 5.41) is 11.3. The maximum absolute atomic E-state index is 15.1. The van der Waals surface area contributed by atoms with Crippen LogP contribution in [0.15, 0.2) is 15.7 Å². The van der Waals surface area contributed by atoms with Crippen LogP contribution in [0.3, 0.4) is 0 Å². The van der Waals surface area contributed by atoms with Crippen molar-refractivity contribution in [1.29, 1.82) is 5.26 Å². The number of nitrogens with zero attached hydrogens (tertiary/aromatic N) is 3. The molecule has 2 fully saturated rings. The van der Waals surface area contributed by atoms with Crippen molar-refractivity contribution in [2.45, 2.75) is 52.1 Å². The van der Waals surface area contributed by atoms with E-state index in [1.807, 2.05) is 31.9 Å². The number of ether oxygens (including phenoxy) is 1. The number of fused-ring (bicyclic) bond motifs is 1. The number of rotatable bonds is 5. The molecule has 2 N–H and O–H groups in total. The number of benzene rings is 1. The van der Waals surface area contributed by atoms with Gasteiger partial charge in [-0.2, -0.15) is 5.26 Å². The highest BCUT2D eigenvalue weighted by Gasteiger charge is 2.34. The molecule has 0 radical (unpaired) electrons. The number of methoxy groups -OCH3 is 1. The molecule has 1 aromatic carbocycles. The van der Waals surface area contributed by atoms with Gasteiger partial charge in [-0.25, -0.2) is 9.18 Å². The van der Waals surface area contributed by atoms with Gasteiger partial charge in [0.2, 0.25) is 0 Å². The Morgan fingerprint density at radius 1 is 1.28 bits per heavy atom. The summed E-state index contributed by atoms with van der Waals surface area (Å²) in [5.74, 6) is 0.357. The lowest BCUT2D eigenvalue weighted by molar-refractivity contribution is 0.411. The van der Waals surface area contributed by atoms with Gasteiger partial charge in [0.25, 0.3) is 5.56 Å². The maximum Gasteiger partial charge on any atom is 0.329 e. The number of H-pyrrole nitrogens is 1. The quantitative estimate of drug-likeness (QED) is 0.734. The van der Waals surface area contributed by atoms with Gasteiger partial charge in [0, 0.05) is 31.1 Å². The Hall–Kier alpha value is -2.86. The number of nitrogens with one attached hydrogen (secondary N) is 2. The Bertz CT molecular complexity index is 1130. The molecule has 2 heterocycles. The zero-order valence-electron chi connectivity index (χ0n) is 19.4. The first-order valence-corrected chi connectivity index (χ1v) is 11.1. The van der Waals surface area contributed by atoms with E-state index >= 15 is 4.39 Å². The van der Waals surface area contributed by atoms with Crippen LogP contribution < -0.4 is 26.2 Å². The first-order valence-electron chi connectivity index (χ1n) is 11.1. The standard InChI is InChI=1S/C19H25FN4O3.C4H7N/c1-10(21-2)11-6-7-23(9-11)16-14(20)8-13-15(17(16)27-3)24(12-4-5-12)19(26)22-18(13)25;1-4(2)3-5/h8,10-12,21H,4-7,9H2,1-3H3,(H,22,25,26);4H,1-2H3. The van der Waals surface area contributed by atoms with Crippen LogP contribution in [-0.4, -0.2) is 42.8 Å². The molecule has 1 aromatic heterocycles. The van der Waals surface area contributed by atoms with Gasteiger partial charge in [-0.1, -0.05) is 0 Å². The summed E-state index contributed by atoms with van der Waals surface area (Å²) in [6.07, 6.45) is 2.66. The van der Waals surface area contributed by atoms with Crippen LogP contribution >= 0.6 is 0 Å². The summed E-state index contributed by atoms with van der Waals surface area (Å²) < 4.78 is 22.2. The fourth-order valence-electron chi connectivity index (χ4n) is 4.15. The average Bonchev–Trinajstić information content (AvgIpc) is 3.48. The van der Waals surface area contributed by atoms with Crippen LogP contribution in [0.4, 0.5) is 10.1 Å². The van der Waals surface area contributed by atoms with E-state index in [-0.39, 0.29) is 23.1 Å². The lowest BCUT2D eigenvalue weighted by atomic mass is 10.0. The minimum atomic E-state index is -0.584. The Labute approximate surface area is 187 Å². The molecule has 2 aliphatic rings. The van der Waals surface area contributed by atoms with Gasteiger partial charge in [0.1, 0.15) is 11.2 Å². The van der Waals surface area contributed by atoms with E-state index in [1.54, 1.807) is 4.57 Å². The summed E-state index contributed by atoms with van der Waals surface area (Å²) in [4.78, 5) is 29.0. The summed E-state index contributed by atoms with van der Waals surface area (Å²) in [6.45, 7) is 7.23. The highest BCUT2D eigenvalue weighted by Crippen LogP contribution is 2.43.